The van der Waals surface area contributed by atoms with E-state index in [1.807, 2.05) is 0 Å². The zero-order chi connectivity index (χ0) is 25.5. The lowest BCUT2D eigenvalue weighted by Gasteiger charge is -2.07. The maximum atomic E-state index is 12.1. The summed E-state index contributed by atoms with van der Waals surface area (Å²) in [6.45, 7) is 2.18. The smallest absolute Gasteiger partial charge is 0.235 e. The minimum atomic E-state index is -0.654. The van der Waals surface area contributed by atoms with E-state index < -0.39 is 16.9 Å². The summed E-state index contributed by atoms with van der Waals surface area (Å²) >= 11 is 0. The SMILES string of the molecule is CCCCCCc1ccc(O)cc1O.O=c1c(O)c(-c2ccc(O)c(O)c2)oc2cc(O)ccc12. The van der Waals surface area contributed by atoms with Crippen LogP contribution < -0.4 is 5.43 Å². The van der Waals surface area contributed by atoms with Crippen LogP contribution in [-0.2, 0) is 6.42 Å². The number of rotatable bonds is 6. The zero-order valence-electron chi connectivity index (χ0n) is 19.2. The van der Waals surface area contributed by atoms with Gasteiger partial charge in [0.15, 0.2) is 17.3 Å². The number of phenols is 5. The minimum Gasteiger partial charge on any atom is -0.508 e. The van der Waals surface area contributed by atoms with E-state index in [2.05, 4.69) is 6.92 Å². The summed E-state index contributed by atoms with van der Waals surface area (Å²) < 4.78 is 5.43. The second-order valence-corrected chi connectivity index (χ2v) is 8.12. The fraction of sp³-hybridized carbons (Fsp3) is 0.222. The quantitative estimate of drug-likeness (QED) is 0.156. The van der Waals surface area contributed by atoms with E-state index in [1.54, 1.807) is 12.1 Å². The van der Waals surface area contributed by atoms with Crippen molar-refractivity contribution in [3.63, 3.8) is 0 Å². The number of phenolic OH excluding ortho intramolecular Hbond substituents is 5. The van der Waals surface area contributed by atoms with E-state index >= 15 is 0 Å². The van der Waals surface area contributed by atoms with Gasteiger partial charge in [-0.05, 0) is 54.8 Å². The molecule has 8 nitrogen and oxygen atoms in total. The fourth-order valence-corrected chi connectivity index (χ4v) is 3.54. The van der Waals surface area contributed by atoms with Crippen LogP contribution in [-0.4, -0.2) is 30.6 Å². The molecule has 0 saturated heterocycles. The van der Waals surface area contributed by atoms with Crippen LogP contribution in [0.1, 0.15) is 38.2 Å². The lowest BCUT2D eigenvalue weighted by atomic mass is 10.1. The van der Waals surface area contributed by atoms with Crippen molar-refractivity contribution in [2.24, 2.45) is 0 Å². The molecule has 0 spiro atoms. The number of aromatic hydroxyl groups is 6. The molecule has 0 unspecified atom stereocenters. The van der Waals surface area contributed by atoms with Crippen LogP contribution in [0.25, 0.3) is 22.3 Å². The molecule has 0 bridgehead atoms. The second kappa shape index (κ2) is 11.2. The Kier molecular flexibility index (Phi) is 8.09. The molecule has 4 aromatic rings. The molecule has 0 aliphatic heterocycles. The van der Waals surface area contributed by atoms with Gasteiger partial charge in [-0.25, -0.2) is 0 Å². The van der Waals surface area contributed by atoms with E-state index in [1.165, 1.54) is 55.7 Å². The lowest BCUT2D eigenvalue weighted by Crippen LogP contribution is -2.02. The molecule has 0 aliphatic carbocycles. The summed E-state index contributed by atoms with van der Waals surface area (Å²) in [6.07, 6.45) is 5.68. The van der Waals surface area contributed by atoms with E-state index in [0.717, 1.165) is 24.5 Å². The van der Waals surface area contributed by atoms with Gasteiger partial charge in [0.05, 0.1) is 5.39 Å². The van der Waals surface area contributed by atoms with Gasteiger partial charge in [-0.1, -0.05) is 32.3 Å². The summed E-state index contributed by atoms with van der Waals surface area (Å²) in [5.74, 6) is -1.27. The average molecular weight is 481 g/mol. The Bertz CT molecular complexity index is 1370. The Morgan fingerprint density at radius 1 is 0.714 bits per heavy atom. The van der Waals surface area contributed by atoms with Crippen molar-refractivity contribution >= 4 is 11.0 Å². The zero-order valence-corrected chi connectivity index (χ0v) is 19.2. The molecular weight excluding hydrogens is 452 g/mol. The summed E-state index contributed by atoms with van der Waals surface area (Å²) in [5.41, 5.74) is 0.586. The van der Waals surface area contributed by atoms with Crippen LogP contribution in [0.3, 0.4) is 0 Å². The Morgan fingerprint density at radius 3 is 2.11 bits per heavy atom. The topological polar surface area (TPSA) is 152 Å². The lowest BCUT2D eigenvalue weighted by molar-refractivity contribution is 0.403. The first-order valence-electron chi connectivity index (χ1n) is 11.2. The third-order valence-corrected chi connectivity index (χ3v) is 5.46. The molecular formula is C27H28O8. The normalized spacial score (nSPS) is 10.7. The molecule has 6 N–H and O–H groups in total. The Morgan fingerprint density at radius 2 is 1.43 bits per heavy atom. The van der Waals surface area contributed by atoms with Crippen molar-refractivity contribution < 1.29 is 35.1 Å². The first kappa shape index (κ1) is 25.3. The number of hydrogen-bond donors (Lipinski definition) is 6. The van der Waals surface area contributed by atoms with Gasteiger partial charge in [0, 0.05) is 17.7 Å². The largest absolute Gasteiger partial charge is 0.508 e. The van der Waals surface area contributed by atoms with E-state index in [0.29, 0.717) is 0 Å². The maximum absolute atomic E-state index is 12.1. The molecule has 1 aromatic heterocycles. The Balaban J connectivity index is 0.000000214. The highest BCUT2D eigenvalue weighted by Crippen LogP contribution is 2.35. The first-order valence-corrected chi connectivity index (χ1v) is 11.2. The molecule has 184 valence electrons. The van der Waals surface area contributed by atoms with E-state index in [9.17, 15) is 30.3 Å². The standard InChI is InChI=1S/C15H10O6.C12H18O2/c16-8-2-3-9-12(6-8)21-15(14(20)13(9)19)7-1-4-10(17)11(18)5-7;1-2-3-4-5-6-10-7-8-11(13)9-12(10)14/h1-6,16-18,20H;7-9,13-14H,2-6H2,1H3. The summed E-state index contributed by atoms with van der Waals surface area (Å²) in [4.78, 5) is 12.1. The van der Waals surface area contributed by atoms with Gasteiger partial charge in [-0.3, -0.25) is 4.79 Å². The Hall–Kier alpha value is -4.33. The van der Waals surface area contributed by atoms with E-state index in [4.69, 9.17) is 9.52 Å². The van der Waals surface area contributed by atoms with Crippen LogP contribution in [0.4, 0.5) is 0 Å². The molecule has 35 heavy (non-hydrogen) atoms. The van der Waals surface area contributed by atoms with Crippen molar-refractivity contribution in [2.75, 3.05) is 0 Å². The molecule has 3 aromatic carbocycles. The van der Waals surface area contributed by atoms with Crippen molar-refractivity contribution in [3.05, 3.63) is 70.4 Å². The number of benzene rings is 3. The molecule has 0 aliphatic rings. The van der Waals surface area contributed by atoms with Crippen LogP contribution in [0.5, 0.6) is 34.5 Å². The Labute approximate surface area is 201 Å². The minimum absolute atomic E-state index is 0.0872. The molecule has 0 radical (unpaired) electrons. The van der Waals surface area contributed by atoms with Gasteiger partial charge >= 0.3 is 0 Å². The van der Waals surface area contributed by atoms with Crippen molar-refractivity contribution in [1.82, 2.24) is 0 Å². The van der Waals surface area contributed by atoms with Gasteiger partial charge in [-0.2, -0.15) is 0 Å². The van der Waals surface area contributed by atoms with Gasteiger partial charge in [0.2, 0.25) is 11.2 Å². The fourth-order valence-electron chi connectivity index (χ4n) is 3.54. The molecule has 0 atom stereocenters. The third-order valence-electron chi connectivity index (χ3n) is 5.46. The van der Waals surface area contributed by atoms with Crippen molar-refractivity contribution in [1.29, 1.82) is 0 Å². The summed E-state index contributed by atoms with van der Waals surface area (Å²) in [7, 11) is 0. The highest BCUT2D eigenvalue weighted by molar-refractivity contribution is 5.83. The predicted molar refractivity (Wildman–Crippen MR) is 132 cm³/mol. The van der Waals surface area contributed by atoms with Gasteiger partial charge in [0.25, 0.3) is 0 Å². The third kappa shape index (κ3) is 6.17. The molecule has 0 amide bonds. The van der Waals surface area contributed by atoms with Crippen molar-refractivity contribution in [3.8, 4) is 45.8 Å². The van der Waals surface area contributed by atoms with Crippen LogP contribution in [0, 0.1) is 0 Å². The molecule has 8 heteroatoms. The summed E-state index contributed by atoms with van der Waals surface area (Å²) in [5, 5.41) is 56.9. The highest BCUT2D eigenvalue weighted by atomic mass is 16.4. The van der Waals surface area contributed by atoms with Gasteiger partial charge < -0.3 is 35.1 Å². The number of hydrogen-bond acceptors (Lipinski definition) is 8. The average Bonchev–Trinajstić information content (AvgIpc) is 2.82. The van der Waals surface area contributed by atoms with Crippen LogP contribution >= 0.6 is 0 Å². The molecule has 4 rings (SSSR count). The number of fused-ring (bicyclic) bond motifs is 1. The number of aryl methyl sites for hydroxylation is 1. The predicted octanol–water partition coefficient (Wildman–Crippen LogP) is 5.50. The molecule has 1 heterocycles. The first-order chi connectivity index (χ1) is 16.7. The second-order valence-electron chi connectivity index (χ2n) is 8.12. The maximum Gasteiger partial charge on any atom is 0.235 e. The van der Waals surface area contributed by atoms with Crippen LogP contribution in [0.2, 0.25) is 0 Å². The summed E-state index contributed by atoms with van der Waals surface area (Å²) in [6, 6.07) is 12.4. The van der Waals surface area contributed by atoms with Gasteiger partial charge in [-0.15, -0.1) is 0 Å². The van der Waals surface area contributed by atoms with E-state index in [-0.39, 0.29) is 45.3 Å². The van der Waals surface area contributed by atoms with Crippen molar-refractivity contribution in [2.45, 2.75) is 39.0 Å². The van der Waals surface area contributed by atoms with Crippen LogP contribution in [0.15, 0.2) is 63.8 Å². The van der Waals surface area contributed by atoms with Gasteiger partial charge in [0.1, 0.15) is 22.8 Å². The number of unbranched alkanes of at least 4 members (excludes halogenated alkanes) is 3. The highest BCUT2D eigenvalue weighted by Gasteiger charge is 2.16. The monoisotopic (exact) mass is 480 g/mol. The molecule has 0 saturated carbocycles. The molecule has 0 fully saturated rings.